The molecule has 4 rings (SSSR count). The minimum absolute atomic E-state index is 0.229. The number of carbonyl (C=O) groups excluding carboxylic acids is 1. The fourth-order valence-corrected chi connectivity index (χ4v) is 3.00. The van der Waals surface area contributed by atoms with Gasteiger partial charge in [0.05, 0.1) is 12.2 Å². The third kappa shape index (κ3) is 2.96. The van der Waals surface area contributed by atoms with Crippen LogP contribution in [0.15, 0.2) is 54.9 Å². The minimum Gasteiger partial charge on any atom is -0.330 e. The van der Waals surface area contributed by atoms with E-state index in [2.05, 4.69) is 15.4 Å². The van der Waals surface area contributed by atoms with Gasteiger partial charge in [0.15, 0.2) is 5.82 Å². The van der Waals surface area contributed by atoms with Crippen molar-refractivity contribution in [1.82, 2.24) is 20.1 Å². The van der Waals surface area contributed by atoms with E-state index < -0.39 is 0 Å². The predicted octanol–water partition coefficient (Wildman–Crippen LogP) is 2.68. The molecule has 1 aliphatic rings. The van der Waals surface area contributed by atoms with E-state index in [0.29, 0.717) is 18.8 Å². The molecule has 2 amide bonds. The molecular weight excluding hydrogens is 321 g/mol. The average Bonchev–Trinajstić information content (AvgIpc) is 3.26. The SMILES string of the molecule is O=C(NCc1ncnn1-c1ccccc1)N1CCc2cc(F)ccc21. The number of amides is 2. The summed E-state index contributed by atoms with van der Waals surface area (Å²) < 4.78 is 15.0. The Hall–Kier alpha value is -3.22. The summed E-state index contributed by atoms with van der Waals surface area (Å²) in [6.07, 6.45) is 2.11. The van der Waals surface area contributed by atoms with Gasteiger partial charge in [-0.3, -0.25) is 4.90 Å². The van der Waals surface area contributed by atoms with E-state index in [1.807, 2.05) is 30.3 Å². The van der Waals surface area contributed by atoms with E-state index in [9.17, 15) is 9.18 Å². The molecule has 0 saturated carbocycles. The molecule has 7 heteroatoms. The monoisotopic (exact) mass is 337 g/mol. The summed E-state index contributed by atoms with van der Waals surface area (Å²) >= 11 is 0. The summed E-state index contributed by atoms with van der Waals surface area (Å²) in [4.78, 5) is 18.3. The Labute approximate surface area is 143 Å². The fourth-order valence-electron chi connectivity index (χ4n) is 3.00. The highest BCUT2D eigenvalue weighted by Gasteiger charge is 2.25. The maximum atomic E-state index is 13.3. The van der Waals surface area contributed by atoms with Gasteiger partial charge in [-0.2, -0.15) is 5.10 Å². The highest BCUT2D eigenvalue weighted by molar-refractivity contribution is 5.94. The van der Waals surface area contributed by atoms with Crippen LogP contribution in [0.25, 0.3) is 5.69 Å². The maximum Gasteiger partial charge on any atom is 0.322 e. The maximum absolute atomic E-state index is 13.3. The zero-order valence-corrected chi connectivity index (χ0v) is 13.4. The van der Waals surface area contributed by atoms with Crippen LogP contribution in [0, 0.1) is 5.82 Å². The zero-order chi connectivity index (χ0) is 17.2. The van der Waals surface area contributed by atoms with Crippen LogP contribution in [-0.4, -0.2) is 27.3 Å². The lowest BCUT2D eigenvalue weighted by molar-refractivity contribution is 0.246. The van der Waals surface area contributed by atoms with Crippen molar-refractivity contribution in [3.63, 3.8) is 0 Å². The number of nitrogens with zero attached hydrogens (tertiary/aromatic N) is 4. The van der Waals surface area contributed by atoms with E-state index in [1.54, 1.807) is 15.6 Å². The zero-order valence-electron chi connectivity index (χ0n) is 13.4. The molecular formula is C18H16FN5O. The smallest absolute Gasteiger partial charge is 0.322 e. The van der Waals surface area contributed by atoms with Crippen molar-refractivity contribution < 1.29 is 9.18 Å². The summed E-state index contributed by atoms with van der Waals surface area (Å²) in [5, 5.41) is 7.07. The summed E-state index contributed by atoms with van der Waals surface area (Å²) in [5.74, 6) is 0.357. The lowest BCUT2D eigenvalue weighted by Crippen LogP contribution is -2.39. The van der Waals surface area contributed by atoms with Crippen LogP contribution in [0.1, 0.15) is 11.4 Å². The lowest BCUT2D eigenvalue weighted by Gasteiger charge is -2.18. The number of benzene rings is 2. The van der Waals surface area contributed by atoms with Gasteiger partial charge in [-0.25, -0.2) is 18.9 Å². The number of urea groups is 1. The van der Waals surface area contributed by atoms with Gasteiger partial charge < -0.3 is 5.32 Å². The molecule has 2 aromatic carbocycles. The van der Waals surface area contributed by atoms with Crippen molar-refractivity contribution in [2.45, 2.75) is 13.0 Å². The number of hydrogen-bond acceptors (Lipinski definition) is 3. The molecule has 0 aliphatic carbocycles. The number of carbonyl (C=O) groups is 1. The molecule has 1 N–H and O–H groups in total. The fraction of sp³-hybridized carbons (Fsp3) is 0.167. The molecule has 25 heavy (non-hydrogen) atoms. The third-order valence-corrected chi connectivity index (χ3v) is 4.20. The number of aromatic nitrogens is 3. The number of rotatable bonds is 3. The van der Waals surface area contributed by atoms with Gasteiger partial charge in [-0.05, 0) is 42.3 Å². The van der Waals surface area contributed by atoms with Gasteiger partial charge >= 0.3 is 6.03 Å². The number of fused-ring (bicyclic) bond motifs is 1. The first-order valence-corrected chi connectivity index (χ1v) is 8.00. The standard InChI is InChI=1S/C18H16FN5O/c19-14-6-7-16-13(10-14)8-9-23(16)18(25)20-11-17-21-12-22-24(17)15-4-2-1-3-5-15/h1-7,10,12H,8-9,11H2,(H,20,25). The molecule has 126 valence electrons. The molecule has 1 aliphatic heterocycles. The largest absolute Gasteiger partial charge is 0.330 e. The summed E-state index contributed by atoms with van der Waals surface area (Å²) in [6.45, 7) is 0.788. The highest BCUT2D eigenvalue weighted by atomic mass is 19.1. The third-order valence-electron chi connectivity index (χ3n) is 4.20. The normalized spacial score (nSPS) is 12.9. The molecule has 0 bridgehead atoms. The van der Waals surface area contributed by atoms with Gasteiger partial charge in [0.2, 0.25) is 0 Å². The van der Waals surface area contributed by atoms with E-state index in [4.69, 9.17) is 0 Å². The number of nitrogens with one attached hydrogen (secondary N) is 1. The number of anilines is 1. The van der Waals surface area contributed by atoms with Crippen LogP contribution in [0.3, 0.4) is 0 Å². The molecule has 1 aromatic heterocycles. The van der Waals surface area contributed by atoms with Crippen molar-refractivity contribution in [1.29, 1.82) is 0 Å². The second-order valence-electron chi connectivity index (χ2n) is 5.76. The molecule has 2 heterocycles. The summed E-state index contributed by atoms with van der Waals surface area (Å²) in [5.41, 5.74) is 2.48. The van der Waals surface area contributed by atoms with Gasteiger partial charge in [0, 0.05) is 12.2 Å². The molecule has 0 unspecified atom stereocenters. The van der Waals surface area contributed by atoms with Crippen LogP contribution < -0.4 is 10.2 Å². The lowest BCUT2D eigenvalue weighted by atomic mass is 10.2. The molecule has 0 atom stereocenters. The van der Waals surface area contributed by atoms with Crippen molar-refractivity contribution in [3.8, 4) is 5.69 Å². The first-order valence-electron chi connectivity index (χ1n) is 8.00. The van der Waals surface area contributed by atoms with Gasteiger partial charge in [0.1, 0.15) is 12.1 Å². The Morgan fingerprint density at radius 2 is 2.04 bits per heavy atom. The van der Waals surface area contributed by atoms with E-state index >= 15 is 0 Å². The summed E-state index contributed by atoms with van der Waals surface area (Å²) in [6, 6.07) is 13.9. The van der Waals surface area contributed by atoms with Crippen molar-refractivity contribution >= 4 is 11.7 Å². The van der Waals surface area contributed by atoms with Crippen molar-refractivity contribution in [2.75, 3.05) is 11.4 Å². The molecule has 0 spiro atoms. The Bertz CT molecular complexity index is 909. The molecule has 6 nitrogen and oxygen atoms in total. The number of hydrogen-bond donors (Lipinski definition) is 1. The Balaban J connectivity index is 1.47. The van der Waals surface area contributed by atoms with Crippen LogP contribution in [0.4, 0.5) is 14.9 Å². The van der Waals surface area contributed by atoms with E-state index in [1.165, 1.54) is 18.5 Å². The second-order valence-corrected chi connectivity index (χ2v) is 5.76. The molecule has 0 fully saturated rings. The minimum atomic E-state index is -0.281. The van der Waals surface area contributed by atoms with E-state index in [0.717, 1.165) is 16.9 Å². The van der Waals surface area contributed by atoms with E-state index in [-0.39, 0.29) is 18.4 Å². The molecule has 3 aromatic rings. The Morgan fingerprint density at radius 1 is 1.20 bits per heavy atom. The predicted molar refractivity (Wildman–Crippen MR) is 91.0 cm³/mol. The highest BCUT2D eigenvalue weighted by Crippen LogP contribution is 2.28. The molecule has 0 saturated heterocycles. The van der Waals surface area contributed by atoms with Crippen molar-refractivity contribution in [2.24, 2.45) is 0 Å². The Morgan fingerprint density at radius 3 is 2.88 bits per heavy atom. The topological polar surface area (TPSA) is 63.1 Å². The first kappa shape index (κ1) is 15.3. The second kappa shape index (κ2) is 6.35. The Kier molecular flexibility index (Phi) is 3.89. The van der Waals surface area contributed by atoms with Crippen LogP contribution in [0.5, 0.6) is 0 Å². The van der Waals surface area contributed by atoms with Gasteiger partial charge in [0.25, 0.3) is 0 Å². The van der Waals surface area contributed by atoms with Gasteiger partial charge in [-0.1, -0.05) is 18.2 Å². The van der Waals surface area contributed by atoms with Crippen LogP contribution >= 0.6 is 0 Å². The van der Waals surface area contributed by atoms with Crippen molar-refractivity contribution in [3.05, 3.63) is 72.1 Å². The van der Waals surface area contributed by atoms with Gasteiger partial charge in [-0.15, -0.1) is 0 Å². The van der Waals surface area contributed by atoms with Crippen LogP contribution in [-0.2, 0) is 13.0 Å². The first-order chi connectivity index (χ1) is 12.2. The average molecular weight is 337 g/mol. The number of para-hydroxylation sites is 1. The van der Waals surface area contributed by atoms with Crippen LogP contribution in [0.2, 0.25) is 0 Å². The molecule has 0 radical (unpaired) electrons. The summed E-state index contributed by atoms with van der Waals surface area (Å²) in [7, 11) is 0. The number of halogens is 1. The quantitative estimate of drug-likeness (QED) is 0.799.